The van der Waals surface area contributed by atoms with E-state index >= 15 is 0 Å². The molecule has 1 N–H and O–H groups in total. The summed E-state index contributed by atoms with van der Waals surface area (Å²) in [5, 5.41) is 0.621. The Kier molecular flexibility index (Phi) is 1.95. The number of benzene rings is 1. The molecule has 0 atom stereocenters. The van der Waals surface area contributed by atoms with Crippen molar-refractivity contribution in [2.75, 3.05) is 7.11 Å². The summed E-state index contributed by atoms with van der Waals surface area (Å²) in [6.07, 6.45) is 1.88. The van der Waals surface area contributed by atoms with Gasteiger partial charge in [0.2, 0.25) is 5.78 Å². The van der Waals surface area contributed by atoms with Crippen LogP contribution in [0.3, 0.4) is 0 Å². The molecule has 0 aliphatic rings. The van der Waals surface area contributed by atoms with Crippen LogP contribution in [0.2, 0.25) is 0 Å². The van der Waals surface area contributed by atoms with Crippen LogP contribution in [0.4, 0.5) is 0 Å². The number of aromatic nitrogens is 3. The largest absolute Gasteiger partial charge is 0.497 e. The zero-order chi connectivity index (χ0) is 12.0. The monoisotopic (exact) mass is 229 g/mol. The first-order valence-corrected chi connectivity index (χ1v) is 5.25. The van der Waals surface area contributed by atoms with E-state index in [0.717, 1.165) is 17.0 Å². The number of nitrogens with zero attached hydrogens (tertiary/aromatic N) is 2. The first kappa shape index (κ1) is 9.89. The van der Waals surface area contributed by atoms with Crippen molar-refractivity contribution in [3.63, 3.8) is 0 Å². The van der Waals surface area contributed by atoms with Crippen LogP contribution >= 0.6 is 0 Å². The van der Waals surface area contributed by atoms with Crippen molar-refractivity contribution in [2.45, 2.75) is 6.92 Å². The van der Waals surface area contributed by atoms with Gasteiger partial charge in [-0.2, -0.15) is 0 Å². The van der Waals surface area contributed by atoms with E-state index < -0.39 is 0 Å². The molecule has 2 heterocycles. The number of aryl methyl sites for hydroxylation is 1. The third kappa shape index (κ3) is 1.39. The van der Waals surface area contributed by atoms with Gasteiger partial charge in [0, 0.05) is 12.3 Å². The summed E-state index contributed by atoms with van der Waals surface area (Å²) in [5.41, 5.74) is 1.51. The van der Waals surface area contributed by atoms with Gasteiger partial charge < -0.3 is 4.74 Å². The molecule has 0 fully saturated rings. The Labute approximate surface area is 96.7 Å². The van der Waals surface area contributed by atoms with E-state index in [-0.39, 0.29) is 5.56 Å². The number of hydrogen-bond acceptors (Lipinski definition) is 3. The van der Waals surface area contributed by atoms with E-state index in [2.05, 4.69) is 9.97 Å². The third-order valence-electron chi connectivity index (χ3n) is 2.76. The lowest BCUT2D eigenvalue weighted by atomic mass is 10.2. The highest BCUT2D eigenvalue weighted by Gasteiger charge is 2.07. The topological polar surface area (TPSA) is 59.4 Å². The van der Waals surface area contributed by atoms with Crippen molar-refractivity contribution >= 4 is 16.7 Å². The summed E-state index contributed by atoms with van der Waals surface area (Å²) < 4.78 is 7.03. The molecule has 0 unspecified atom stereocenters. The number of H-pyrrole nitrogens is 1. The van der Waals surface area contributed by atoms with Gasteiger partial charge in [0.25, 0.3) is 5.56 Å². The predicted octanol–water partition coefficient (Wildman–Crippen LogP) is 1.49. The SMILES string of the molecule is COc1ccc2c(=O)[nH]c3nc(C)cn3c2c1. The first-order chi connectivity index (χ1) is 8.19. The van der Waals surface area contributed by atoms with Crippen molar-refractivity contribution in [1.82, 2.24) is 14.4 Å². The fourth-order valence-corrected chi connectivity index (χ4v) is 1.97. The summed E-state index contributed by atoms with van der Waals surface area (Å²) in [4.78, 5) is 18.8. The molecular formula is C12H11N3O2. The van der Waals surface area contributed by atoms with E-state index in [9.17, 15) is 4.79 Å². The molecule has 0 aliphatic carbocycles. The molecule has 0 saturated heterocycles. The highest BCUT2D eigenvalue weighted by molar-refractivity contribution is 5.81. The van der Waals surface area contributed by atoms with Gasteiger partial charge in [-0.3, -0.25) is 14.2 Å². The van der Waals surface area contributed by atoms with Gasteiger partial charge in [0.1, 0.15) is 5.75 Å². The molecule has 5 heteroatoms. The molecule has 2 aromatic heterocycles. The van der Waals surface area contributed by atoms with Crippen molar-refractivity contribution in [1.29, 1.82) is 0 Å². The fraction of sp³-hybridized carbons (Fsp3) is 0.167. The minimum atomic E-state index is -0.138. The third-order valence-corrected chi connectivity index (χ3v) is 2.76. The Morgan fingerprint density at radius 3 is 3.00 bits per heavy atom. The molecule has 0 aliphatic heterocycles. The molecule has 3 rings (SSSR count). The average Bonchev–Trinajstić information content (AvgIpc) is 2.69. The molecule has 3 aromatic rings. The quantitative estimate of drug-likeness (QED) is 0.687. The maximum absolute atomic E-state index is 11.9. The number of imidazole rings is 1. The minimum Gasteiger partial charge on any atom is -0.497 e. The Morgan fingerprint density at radius 1 is 1.41 bits per heavy atom. The summed E-state index contributed by atoms with van der Waals surface area (Å²) in [6, 6.07) is 5.35. The number of methoxy groups -OCH3 is 1. The highest BCUT2D eigenvalue weighted by Crippen LogP contribution is 2.18. The summed E-state index contributed by atoms with van der Waals surface area (Å²) in [7, 11) is 1.60. The van der Waals surface area contributed by atoms with Gasteiger partial charge in [-0.25, -0.2) is 4.98 Å². The first-order valence-electron chi connectivity index (χ1n) is 5.25. The Bertz CT molecular complexity index is 770. The molecule has 5 nitrogen and oxygen atoms in total. The highest BCUT2D eigenvalue weighted by atomic mass is 16.5. The number of hydrogen-bond donors (Lipinski definition) is 1. The summed E-state index contributed by atoms with van der Waals surface area (Å²) in [5.74, 6) is 1.27. The zero-order valence-electron chi connectivity index (χ0n) is 9.52. The second-order valence-corrected chi connectivity index (χ2v) is 3.91. The standard InChI is InChI=1S/C12H11N3O2/c1-7-6-15-10-5-8(17-2)3-4-9(10)11(16)14-12(15)13-7/h3-6H,1-2H3,(H,13,14,16). The van der Waals surface area contributed by atoms with Crippen LogP contribution in [0.15, 0.2) is 29.2 Å². The number of nitrogens with one attached hydrogen (secondary N) is 1. The van der Waals surface area contributed by atoms with Crippen LogP contribution in [0.5, 0.6) is 5.75 Å². The van der Waals surface area contributed by atoms with Crippen molar-refractivity contribution in [2.24, 2.45) is 0 Å². The lowest BCUT2D eigenvalue weighted by Crippen LogP contribution is -2.09. The zero-order valence-corrected chi connectivity index (χ0v) is 9.52. The van der Waals surface area contributed by atoms with E-state index in [1.165, 1.54) is 0 Å². The van der Waals surface area contributed by atoms with Gasteiger partial charge >= 0.3 is 0 Å². The Morgan fingerprint density at radius 2 is 2.24 bits per heavy atom. The molecule has 0 spiro atoms. The fourth-order valence-electron chi connectivity index (χ4n) is 1.97. The predicted molar refractivity (Wildman–Crippen MR) is 64.6 cm³/mol. The van der Waals surface area contributed by atoms with E-state index in [1.807, 2.05) is 23.6 Å². The lowest BCUT2D eigenvalue weighted by Gasteiger charge is -2.04. The molecule has 17 heavy (non-hydrogen) atoms. The molecule has 0 amide bonds. The van der Waals surface area contributed by atoms with Crippen molar-refractivity contribution in [3.8, 4) is 5.75 Å². The van der Waals surface area contributed by atoms with Gasteiger partial charge in [0.05, 0.1) is 23.7 Å². The Hall–Kier alpha value is -2.30. The molecule has 0 bridgehead atoms. The normalized spacial score (nSPS) is 11.2. The second kappa shape index (κ2) is 3.35. The minimum absolute atomic E-state index is 0.138. The van der Waals surface area contributed by atoms with Crippen LogP contribution in [0.25, 0.3) is 16.7 Å². The Balaban J connectivity index is 2.56. The lowest BCUT2D eigenvalue weighted by molar-refractivity contribution is 0.415. The number of aromatic amines is 1. The van der Waals surface area contributed by atoms with E-state index in [0.29, 0.717) is 11.2 Å². The van der Waals surface area contributed by atoms with Crippen LogP contribution < -0.4 is 10.3 Å². The van der Waals surface area contributed by atoms with Crippen LogP contribution in [0.1, 0.15) is 5.69 Å². The van der Waals surface area contributed by atoms with E-state index in [1.54, 1.807) is 19.2 Å². The maximum Gasteiger partial charge on any atom is 0.260 e. The van der Waals surface area contributed by atoms with E-state index in [4.69, 9.17) is 4.74 Å². The molecule has 0 radical (unpaired) electrons. The smallest absolute Gasteiger partial charge is 0.260 e. The van der Waals surface area contributed by atoms with Crippen LogP contribution in [-0.2, 0) is 0 Å². The average molecular weight is 229 g/mol. The van der Waals surface area contributed by atoms with Crippen LogP contribution in [0, 0.1) is 6.92 Å². The molecule has 0 saturated carbocycles. The molecule has 86 valence electrons. The van der Waals surface area contributed by atoms with Gasteiger partial charge in [0.15, 0.2) is 0 Å². The number of fused-ring (bicyclic) bond motifs is 3. The van der Waals surface area contributed by atoms with Crippen LogP contribution in [-0.4, -0.2) is 21.5 Å². The van der Waals surface area contributed by atoms with Gasteiger partial charge in [-0.05, 0) is 19.1 Å². The second-order valence-electron chi connectivity index (χ2n) is 3.91. The van der Waals surface area contributed by atoms with Crippen molar-refractivity contribution in [3.05, 3.63) is 40.4 Å². The number of ether oxygens (including phenoxy) is 1. The van der Waals surface area contributed by atoms with Crippen molar-refractivity contribution < 1.29 is 4.74 Å². The number of rotatable bonds is 1. The molecular weight excluding hydrogens is 218 g/mol. The van der Waals surface area contributed by atoms with Gasteiger partial charge in [-0.15, -0.1) is 0 Å². The molecule has 1 aromatic carbocycles. The van der Waals surface area contributed by atoms with Gasteiger partial charge in [-0.1, -0.05) is 0 Å². The summed E-state index contributed by atoms with van der Waals surface area (Å²) in [6.45, 7) is 1.89. The maximum atomic E-state index is 11.9. The summed E-state index contributed by atoms with van der Waals surface area (Å²) >= 11 is 0.